The van der Waals surface area contributed by atoms with Crippen LogP contribution in [0.3, 0.4) is 0 Å². The van der Waals surface area contributed by atoms with E-state index in [0.29, 0.717) is 10.6 Å². The lowest BCUT2D eigenvalue weighted by Gasteiger charge is -2.25. The lowest BCUT2D eigenvalue weighted by molar-refractivity contribution is 0.0741. The normalized spacial score (nSPS) is 12.2. The fourth-order valence-corrected chi connectivity index (χ4v) is 2.20. The minimum Gasteiger partial charge on any atom is -0.339 e. The lowest BCUT2D eigenvalue weighted by atomic mass is 10.2. The number of hydrogen-bond acceptors (Lipinski definition) is 3. The van der Waals surface area contributed by atoms with Crippen molar-refractivity contribution in [1.82, 2.24) is 9.88 Å². The molecule has 0 fully saturated rings. The van der Waals surface area contributed by atoms with Gasteiger partial charge in [-0.05, 0) is 31.4 Å². The van der Waals surface area contributed by atoms with Crippen molar-refractivity contribution in [1.29, 1.82) is 0 Å². The number of carbonyl (C=O) groups is 1. The third-order valence-electron chi connectivity index (χ3n) is 2.72. The molecule has 1 aromatic heterocycles. The maximum absolute atomic E-state index is 12.2. The van der Waals surface area contributed by atoms with Crippen molar-refractivity contribution in [3.63, 3.8) is 0 Å². The average Bonchev–Trinajstić information content (AvgIpc) is 2.34. The summed E-state index contributed by atoms with van der Waals surface area (Å²) < 4.78 is 0. The molecular weight excluding hydrogens is 256 g/mol. The number of nitrogens with zero attached hydrogens (tertiary/aromatic N) is 2. The molecule has 0 radical (unpaired) electrons. The Kier molecular flexibility index (Phi) is 5.78. The fourth-order valence-electron chi connectivity index (χ4n) is 1.42. The van der Waals surface area contributed by atoms with Crippen molar-refractivity contribution in [2.24, 2.45) is 0 Å². The molecule has 1 aromatic rings. The van der Waals surface area contributed by atoms with Crippen LogP contribution in [-0.4, -0.2) is 40.9 Å². The zero-order chi connectivity index (χ0) is 12.8. The van der Waals surface area contributed by atoms with Gasteiger partial charge in [0.05, 0.1) is 10.6 Å². The van der Waals surface area contributed by atoms with Gasteiger partial charge in [-0.2, -0.15) is 11.8 Å². The first-order chi connectivity index (χ1) is 8.07. The van der Waals surface area contributed by atoms with Crippen LogP contribution >= 0.6 is 23.4 Å². The summed E-state index contributed by atoms with van der Waals surface area (Å²) in [5.41, 5.74) is 0.514. The number of halogens is 1. The van der Waals surface area contributed by atoms with Gasteiger partial charge in [-0.25, -0.2) is 0 Å². The van der Waals surface area contributed by atoms with E-state index in [4.69, 9.17) is 11.6 Å². The Balaban J connectivity index is 2.73. The van der Waals surface area contributed by atoms with Gasteiger partial charge in [-0.3, -0.25) is 9.78 Å². The second-order valence-electron chi connectivity index (χ2n) is 3.90. The molecule has 1 amide bonds. The van der Waals surface area contributed by atoms with E-state index in [1.54, 1.807) is 28.9 Å². The van der Waals surface area contributed by atoms with Gasteiger partial charge >= 0.3 is 0 Å². The lowest BCUT2D eigenvalue weighted by Crippen LogP contribution is -2.35. The molecule has 0 bridgehead atoms. The summed E-state index contributed by atoms with van der Waals surface area (Å²) in [5, 5.41) is 0.404. The van der Waals surface area contributed by atoms with Crippen LogP contribution in [0.2, 0.25) is 5.02 Å². The number of amides is 1. The van der Waals surface area contributed by atoms with Crippen LogP contribution in [0.25, 0.3) is 0 Å². The highest BCUT2D eigenvalue weighted by Crippen LogP contribution is 2.17. The van der Waals surface area contributed by atoms with Crippen molar-refractivity contribution in [3.05, 3.63) is 29.0 Å². The predicted octanol–water partition coefficient (Wildman–Crippen LogP) is 2.95. The largest absolute Gasteiger partial charge is 0.339 e. The van der Waals surface area contributed by atoms with Crippen LogP contribution in [-0.2, 0) is 0 Å². The van der Waals surface area contributed by atoms with Gasteiger partial charge in [-0.1, -0.05) is 11.6 Å². The Labute approximate surface area is 112 Å². The first-order valence-corrected chi connectivity index (χ1v) is 7.20. The molecular formula is C12H17ClN2OS. The van der Waals surface area contributed by atoms with Crippen molar-refractivity contribution < 1.29 is 4.79 Å². The van der Waals surface area contributed by atoms with E-state index in [1.165, 1.54) is 6.20 Å². The number of rotatable bonds is 5. The monoisotopic (exact) mass is 272 g/mol. The third-order valence-corrected chi connectivity index (χ3v) is 3.67. The summed E-state index contributed by atoms with van der Waals surface area (Å²) in [6.45, 7) is 2.04. The van der Waals surface area contributed by atoms with E-state index < -0.39 is 0 Å². The van der Waals surface area contributed by atoms with Crippen LogP contribution in [0.15, 0.2) is 18.5 Å². The van der Waals surface area contributed by atoms with Crippen molar-refractivity contribution in [3.8, 4) is 0 Å². The number of hydrogen-bond donors (Lipinski definition) is 0. The molecule has 1 atom stereocenters. The Bertz CT molecular complexity index is 387. The van der Waals surface area contributed by atoms with Crippen molar-refractivity contribution in [2.45, 2.75) is 19.4 Å². The Morgan fingerprint density at radius 3 is 2.94 bits per heavy atom. The summed E-state index contributed by atoms with van der Waals surface area (Å²) in [6.07, 6.45) is 6.12. The van der Waals surface area contributed by atoms with Gasteiger partial charge in [0.15, 0.2) is 0 Å². The van der Waals surface area contributed by atoms with E-state index in [1.807, 2.05) is 14.0 Å². The number of thioether (sulfide) groups is 1. The molecule has 94 valence electrons. The zero-order valence-corrected chi connectivity index (χ0v) is 11.9. The number of carbonyl (C=O) groups excluding carboxylic acids is 1. The second kappa shape index (κ2) is 6.87. The first-order valence-electron chi connectivity index (χ1n) is 5.43. The van der Waals surface area contributed by atoms with E-state index >= 15 is 0 Å². The molecule has 1 unspecified atom stereocenters. The average molecular weight is 273 g/mol. The quantitative estimate of drug-likeness (QED) is 0.826. The Hall–Kier alpha value is -0.740. The summed E-state index contributed by atoms with van der Waals surface area (Å²) in [6, 6.07) is 1.86. The molecule has 0 aromatic carbocycles. The van der Waals surface area contributed by atoms with Crippen LogP contribution in [0.4, 0.5) is 0 Å². The first kappa shape index (κ1) is 14.3. The molecule has 0 aliphatic rings. The van der Waals surface area contributed by atoms with Crippen LogP contribution < -0.4 is 0 Å². The number of aromatic nitrogens is 1. The molecule has 3 nitrogen and oxygen atoms in total. The molecule has 0 aliphatic heterocycles. The molecule has 1 rings (SSSR count). The van der Waals surface area contributed by atoms with E-state index in [9.17, 15) is 4.79 Å². The van der Waals surface area contributed by atoms with E-state index in [-0.39, 0.29) is 11.9 Å². The van der Waals surface area contributed by atoms with Gasteiger partial charge in [0, 0.05) is 25.5 Å². The zero-order valence-electron chi connectivity index (χ0n) is 10.3. The highest BCUT2D eigenvalue weighted by Gasteiger charge is 2.19. The summed E-state index contributed by atoms with van der Waals surface area (Å²) in [5.74, 6) is 0.995. The minimum absolute atomic E-state index is 0.0500. The molecule has 0 aliphatic carbocycles. The van der Waals surface area contributed by atoms with Crippen LogP contribution in [0, 0.1) is 0 Å². The third kappa shape index (κ3) is 3.89. The highest BCUT2D eigenvalue weighted by atomic mass is 35.5. The van der Waals surface area contributed by atoms with E-state index in [0.717, 1.165) is 12.2 Å². The fraction of sp³-hybridized carbons (Fsp3) is 0.500. The topological polar surface area (TPSA) is 33.2 Å². The molecule has 0 N–H and O–H groups in total. The molecule has 0 spiro atoms. The molecule has 0 saturated carbocycles. The van der Waals surface area contributed by atoms with Gasteiger partial charge in [0.25, 0.3) is 5.91 Å². The van der Waals surface area contributed by atoms with Gasteiger partial charge < -0.3 is 4.90 Å². The maximum atomic E-state index is 12.2. The van der Waals surface area contributed by atoms with Gasteiger partial charge in [-0.15, -0.1) is 0 Å². The predicted molar refractivity (Wildman–Crippen MR) is 73.8 cm³/mol. The summed E-state index contributed by atoms with van der Waals surface area (Å²) >= 11 is 7.74. The number of pyridine rings is 1. The standard InChI is InChI=1S/C12H17ClN2OS/c1-9(5-7-17-3)15(2)12(16)10-4-6-14-8-11(10)13/h4,6,8-9H,5,7H2,1-3H3. The smallest absolute Gasteiger partial charge is 0.255 e. The summed E-state index contributed by atoms with van der Waals surface area (Å²) in [4.78, 5) is 17.8. The molecule has 17 heavy (non-hydrogen) atoms. The Morgan fingerprint density at radius 1 is 1.65 bits per heavy atom. The van der Waals surface area contributed by atoms with E-state index in [2.05, 4.69) is 11.2 Å². The van der Waals surface area contributed by atoms with Crippen LogP contribution in [0.5, 0.6) is 0 Å². The SMILES string of the molecule is CSCCC(C)N(C)C(=O)c1ccncc1Cl. The van der Waals surface area contributed by atoms with Crippen LogP contribution in [0.1, 0.15) is 23.7 Å². The van der Waals surface area contributed by atoms with Gasteiger partial charge in [0.1, 0.15) is 0 Å². The highest BCUT2D eigenvalue weighted by molar-refractivity contribution is 7.98. The van der Waals surface area contributed by atoms with Crippen molar-refractivity contribution in [2.75, 3.05) is 19.1 Å². The molecule has 1 heterocycles. The second-order valence-corrected chi connectivity index (χ2v) is 5.29. The Morgan fingerprint density at radius 2 is 2.35 bits per heavy atom. The molecule has 0 saturated heterocycles. The maximum Gasteiger partial charge on any atom is 0.255 e. The van der Waals surface area contributed by atoms with Gasteiger partial charge in [0.2, 0.25) is 0 Å². The summed E-state index contributed by atoms with van der Waals surface area (Å²) in [7, 11) is 1.81. The van der Waals surface area contributed by atoms with Crippen molar-refractivity contribution >= 4 is 29.3 Å². The minimum atomic E-state index is -0.0500. The molecule has 5 heteroatoms.